The highest BCUT2D eigenvalue weighted by Crippen LogP contribution is 2.25. The fourth-order valence-electron chi connectivity index (χ4n) is 2.23. The minimum atomic E-state index is -0.916. The Morgan fingerprint density at radius 1 is 1.05 bits per heavy atom. The third-order valence-corrected chi connectivity index (χ3v) is 3.85. The van der Waals surface area contributed by atoms with Crippen LogP contribution in [-0.4, -0.2) is 5.91 Å². The molecule has 4 heteroatoms. The van der Waals surface area contributed by atoms with E-state index in [1.165, 1.54) is 6.07 Å². The van der Waals surface area contributed by atoms with E-state index < -0.39 is 23.1 Å². The van der Waals surface area contributed by atoms with Gasteiger partial charge in [-0.05, 0) is 44.0 Å². The fourth-order valence-corrected chi connectivity index (χ4v) is 2.23. The molecule has 1 N–H and O–H groups in total. The van der Waals surface area contributed by atoms with Crippen LogP contribution >= 0.6 is 0 Å². The summed E-state index contributed by atoms with van der Waals surface area (Å²) in [7, 11) is 0. The molecule has 2 rings (SSSR count). The minimum absolute atomic E-state index is 0.170. The summed E-state index contributed by atoms with van der Waals surface area (Å²) in [5.41, 5.74) is 0.703. The fraction of sp³-hybridized carbons (Fsp3) is 0.278. The van der Waals surface area contributed by atoms with Crippen molar-refractivity contribution < 1.29 is 13.6 Å². The van der Waals surface area contributed by atoms with E-state index >= 15 is 0 Å². The van der Waals surface area contributed by atoms with Gasteiger partial charge in [0.05, 0.1) is 11.5 Å². The van der Waals surface area contributed by atoms with E-state index in [1.54, 1.807) is 6.92 Å². The van der Waals surface area contributed by atoms with Gasteiger partial charge in [0.2, 0.25) is 5.91 Å². The third kappa shape index (κ3) is 3.32. The first-order chi connectivity index (χ1) is 10.3. The molecule has 0 aliphatic carbocycles. The molecule has 2 nitrogen and oxygen atoms in total. The number of hydrogen-bond acceptors (Lipinski definition) is 1. The standard InChI is InChI=1S/C18H19F2NO/c1-12(13-9-10-15(19)16(20)11-13)21-17(22)18(2,3)14-7-5-4-6-8-14/h4-12H,1-3H3,(H,21,22). The number of benzene rings is 2. The predicted octanol–water partition coefficient (Wildman–Crippen LogP) is 4.12. The van der Waals surface area contributed by atoms with Crippen LogP contribution in [0.2, 0.25) is 0 Å². The molecular formula is C18H19F2NO. The van der Waals surface area contributed by atoms with Crippen LogP contribution < -0.4 is 5.32 Å². The monoisotopic (exact) mass is 303 g/mol. The van der Waals surface area contributed by atoms with Gasteiger partial charge in [-0.2, -0.15) is 0 Å². The van der Waals surface area contributed by atoms with Crippen molar-refractivity contribution in [2.45, 2.75) is 32.2 Å². The van der Waals surface area contributed by atoms with Crippen LogP contribution in [0.1, 0.15) is 37.9 Å². The van der Waals surface area contributed by atoms with E-state index in [9.17, 15) is 13.6 Å². The summed E-state index contributed by atoms with van der Waals surface area (Å²) >= 11 is 0. The second-order valence-electron chi connectivity index (χ2n) is 5.86. The Balaban J connectivity index is 2.15. The van der Waals surface area contributed by atoms with Crippen LogP contribution in [0.15, 0.2) is 48.5 Å². The predicted molar refractivity (Wildman–Crippen MR) is 82.4 cm³/mol. The molecule has 0 radical (unpaired) electrons. The number of nitrogens with one attached hydrogen (secondary N) is 1. The van der Waals surface area contributed by atoms with Crippen molar-refractivity contribution >= 4 is 5.91 Å². The van der Waals surface area contributed by atoms with Crippen molar-refractivity contribution in [3.8, 4) is 0 Å². The average molecular weight is 303 g/mol. The second kappa shape index (κ2) is 6.26. The van der Waals surface area contributed by atoms with Gasteiger partial charge in [0.15, 0.2) is 11.6 Å². The molecule has 0 fully saturated rings. The molecule has 22 heavy (non-hydrogen) atoms. The Hall–Kier alpha value is -2.23. The largest absolute Gasteiger partial charge is 0.349 e. The lowest BCUT2D eigenvalue weighted by Crippen LogP contribution is -2.41. The summed E-state index contributed by atoms with van der Waals surface area (Å²) in [5.74, 6) is -1.98. The summed E-state index contributed by atoms with van der Waals surface area (Å²) in [4.78, 5) is 12.5. The topological polar surface area (TPSA) is 29.1 Å². The van der Waals surface area contributed by atoms with Crippen molar-refractivity contribution in [2.75, 3.05) is 0 Å². The smallest absolute Gasteiger partial charge is 0.230 e. The highest BCUT2D eigenvalue weighted by atomic mass is 19.2. The second-order valence-corrected chi connectivity index (χ2v) is 5.86. The minimum Gasteiger partial charge on any atom is -0.349 e. The van der Waals surface area contributed by atoms with Gasteiger partial charge in [-0.1, -0.05) is 36.4 Å². The third-order valence-electron chi connectivity index (χ3n) is 3.85. The van der Waals surface area contributed by atoms with Gasteiger partial charge in [0.1, 0.15) is 0 Å². The first kappa shape index (κ1) is 16.1. The molecule has 1 atom stereocenters. The maximum Gasteiger partial charge on any atom is 0.230 e. The van der Waals surface area contributed by atoms with Crippen molar-refractivity contribution in [3.63, 3.8) is 0 Å². The number of rotatable bonds is 4. The van der Waals surface area contributed by atoms with E-state index in [-0.39, 0.29) is 5.91 Å². The van der Waals surface area contributed by atoms with Gasteiger partial charge < -0.3 is 5.32 Å². The molecule has 2 aromatic rings. The SMILES string of the molecule is CC(NC(=O)C(C)(C)c1ccccc1)c1ccc(F)c(F)c1. The molecule has 0 heterocycles. The number of hydrogen-bond donors (Lipinski definition) is 1. The van der Waals surface area contributed by atoms with Crippen LogP contribution in [0.4, 0.5) is 8.78 Å². The highest BCUT2D eigenvalue weighted by Gasteiger charge is 2.30. The zero-order valence-electron chi connectivity index (χ0n) is 12.9. The van der Waals surface area contributed by atoms with E-state index in [1.807, 2.05) is 44.2 Å². The van der Waals surface area contributed by atoms with Gasteiger partial charge in [-0.15, -0.1) is 0 Å². The Bertz CT molecular complexity index is 668. The highest BCUT2D eigenvalue weighted by molar-refractivity contribution is 5.87. The lowest BCUT2D eigenvalue weighted by Gasteiger charge is -2.26. The zero-order chi connectivity index (χ0) is 16.3. The summed E-state index contributed by atoms with van der Waals surface area (Å²) in [5, 5.41) is 2.85. The quantitative estimate of drug-likeness (QED) is 0.904. The molecule has 2 aromatic carbocycles. The number of halogens is 2. The summed E-state index contributed by atoms with van der Waals surface area (Å²) in [6.07, 6.45) is 0. The molecule has 1 unspecified atom stereocenters. The van der Waals surface area contributed by atoms with E-state index in [0.29, 0.717) is 5.56 Å². The molecule has 0 aromatic heterocycles. The lowest BCUT2D eigenvalue weighted by atomic mass is 9.83. The first-order valence-electron chi connectivity index (χ1n) is 7.14. The van der Waals surface area contributed by atoms with Gasteiger partial charge in [0, 0.05) is 0 Å². The molecule has 0 spiro atoms. The van der Waals surface area contributed by atoms with Gasteiger partial charge in [-0.3, -0.25) is 4.79 Å². The Morgan fingerprint density at radius 3 is 2.27 bits per heavy atom. The molecular weight excluding hydrogens is 284 g/mol. The van der Waals surface area contributed by atoms with Gasteiger partial charge in [0.25, 0.3) is 0 Å². The van der Waals surface area contributed by atoms with Crippen molar-refractivity contribution in [1.29, 1.82) is 0 Å². The number of carbonyl (C=O) groups is 1. The number of carbonyl (C=O) groups excluding carboxylic acids is 1. The van der Waals surface area contributed by atoms with Gasteiger partial charge in [-0.25, -0.2) is 8.78 Å². The first-order valence-corrected chi connectivity index (χ1v) is 7.14. The molecule has 116 valence electrons. The summed E-state index contributed by atoms with van der Waals surface area (Å²) in [6.45, 7) is 5.40. The molecule has 0 saturated carbocycles. The van der Waals surface area contributed by atoms with E-state index in [0.717, 1.165) is 17.7 Å². The van der Waals surface area contributed by atoms with E-state index in [4.69, 9.17) is 0 Å². The molecule has 0 aliphatic heterocycles. The van der Waals surface area contributed by atoms with Crippen LogP contribution in [-0.2, 0) is 10.2 Å². The molecule has 1 amide bonds. The summed E-state index contributed by atoms with van der Waals surface area (Å²) in [6, 6.07) is 12.7. The van der Waals surface area contributed by atoms with Crippen molar-refractivity contribution in [2.24, 2.45) is 0 Å². The van der Waals surface area contributed by atoms with Crippen LogP contribution in [0.25, 0.3) is 0 Å². The maximum absolute atomic E-state index is 13.3. The average Bonchev–Trinajstić information content (AvgIpc) is 2.50. The summed E-state index contributed by atoms with van der Waals surface area (Å²) < 4.78 is 26.3. The Labute approximate surface area is 129 Å². The van der Waals surface area contributed by atoms with Crippen molar-refractivity contribution in [3.05, 3.63) is 71.3 Å². The van der Waals surface area contributed by atoms with E-state index in [2.05, 4.69) is 5.32 Å². The zero-order valence-corrected chi connectivity index (χ0v) is 12.9. The Morgan fingerprint density at radius 2 is 1.68 bits per heavy atom. The van der Waals surface area contributed by atoms with Gasteiger partial charge >= 0.3 is 0 Å². The normalized spacial score (nSPS) is 12.8. The van der Waals surface area contributed by atoms with Crippen molar-refractivity contribution in [1.82, 2.24) is 5.32 Å². The molecule has 0 aliphatic rings. The lowest BCUT2D eigenvalue weighted by molar-refractivity contribution is -0.126. The van der Waals surface area contributed by atoms with Crippen LogP contribution in [0.3, 0.4) is 0 Å². The molecule has 0 bridgehead atoms. The Kier molecular flexibility index (Phi) is 4.59. The maximum atomic E-state index is 13.3. The van der Waals surface area contributed by atoms with Crippen LogP contribution in [0, 0.1) is 11.6 Å². The molecule has 0 saturated heterocycles. The van der Waals surface area contributed by atoms with Crippen LogP contribution in [0.5, 0.6) is 0 Å². The number of amides is 1.